The average molecular weight is 182 g/mol. The fourth-order valence-electron chi connectivity index (χ4n) is 0.954. The van der Waals surface area contributed by atoms with Gasteiger partial charge in [0.05, 0.1) is 18.3 Å². The number of furan rings is 1. The Hall–Kier alpha value is -1.29. The number of amides is 1. The summed E-state index contributed by atoms with van der Waals surface area (Å²) >= 11 is 0. The zero-order valence-electron chi connectivity index (χ0n) is 7.78. The van der Waals surface area contributed by atoms with E-state index in [0.29, 0.717) is 0 Å². The molecule has 0 aromatic carbocycles. The molecule has 1 aromatic heterocycles. The lowest BCUT2D eigenvalue weighted by molar-refractivity contribution is -0.122. The molecule has 0 saturated carbocycles. The molecule has 0 aliphatic heterocycles. The number of hydrogen-bond acceptors (Lipinski definition) is 3. The van der Waals surface area contributed by atoms with Crippen molar-refractivity contribution in [1.82, 2.24) is 5.32 Å². The Balaban J connectivity index is 2.51. The maximum atomic E-state index is 11.2. The zero-order valence-corrected chi connectivity index (χ0v) is 7.78. The van der Waals surface area contributed by atoms with E-state index >= 15 is 0 Å². The van der Waals surface area contributed by atoms with Crippen LogP contribution in [0.5, 0.6) is 0 Å². The minimum atomic E-state index is -0.489. The average Bonchev–Trinajstić information content (AvgIpc) is 2.55. The van der Waals surface area contributed by atoms with Crippen molar-refractivity contribution in [1.29, 1.82) is 0 Å². The summed E-state index contributed by atoms with van der Waals surface area (Å²) in [6, 6.07) is 2.97. The van der Waals surface area contributed by atoms with Gasteiger partial charge in [0, 0.05) is 0 Å². The van der Waals surface area contributed by atoms with Crippen LogP contribution in [0.3, 0.4) is 0 Å². The zero-order chi connectivity index (χ0) is 9.84. The van der Waals surface area contributed by atoms with Gasteiger partial charge >= 0.3 is 0 Å². The molecule has 0 radical (unpaired) electrons. The molecule has 13 heavy (non-hydrogen) atoms. The molecular formula is C9H14N2O2. The minimum Gasteiger partial charge on any atom is -0.467 e. The lowest BCUT2D eigenvalue weighted by atomic mass is 10.2. The van der Waals surface area contributed by atoms with Crippen molar-refractivity contribution in [3.05, 3.63) is 24.2 Å². The van der Waals surface area contributed by atoms with Gasteiger partial charge in [-0.25, -0.2) is 0 Å². The predicted octanol–water partition coefficient (Wildman–Crippen LogP) is 0.804. The normalized spacial score (nSPS) is 15.0. The Kier molecular flexibility index (Phi) is 3.08. The van der Waals surface area contributed by atoms with E-state index in [2.05, 4.69) is 5.32 Å². The summed E-state index contributed by atoms with van der Waals surface area (Å²) in [4.78, 5) is 11.2. The summed E-state index contributed by atoms with van der Waals surface area (Å²) < 4.78 is 5.12. The molecule has 0 aliphatic carbocycles. The second kappa shape index (κ2) is 4.09. The number of nitrogens with one attached hydrogen (secondary N) is 1. The van der Waals surface area contributed by atoms with Gasteiger partial charge in [0.1, 0.15) is 5.76 Å². The summed E-state index contributed by atoms with van der Waals surface area (Å²) in [6.07, 6.45) is 1.57. The van der Waals surface area contributed by atoms with Crippen molar-refractivity contribution in [2.45, 2.75) is 25.9 Å². The van der Waals surface area contributed by atoms with E-state index in [0.717, 1.165) is 5.76 Å². The fourth-order valence-corrected chi connectivity index (χ4v) is 0.954. The largest absolute Gasteiger partial charge is 0.467 e. The molecule has 1 unspecified atom stereocenters. The third kappa shape index (κ3) is 2.59. The van der Waals surface area contributed by atoms with Gasteiger partial charge in [0.15, 0.2) is 0 Å². The number of carbonyl (C=O) groups is 1. The lowest BCUT2D eigenvalue weighted by Crippen LogP contribution is -2.39. The van der Waals surface area contributed by atoms with Crippen LogP contribution in [0.2, 0.25) is 0 Å². The second-order valence-electron chi connectivity index (χ2n) is 3.03. The van der Waals surface area contributed by atoms with Gasteiger partial charge in [-0.15, -0.1) is 0 Å². The molecule has 0 spiro atoms. The maximum Gasteiger partial charge on any atom is 0.237 e. The Morgan fingerprint density at radius 1 is 1.62 bits per heavy atom. The standard InChI is InChI=1S/C9H14N2O2/c1-6(10)9(12)11-7(2)8-4-3-5-13-8/h3-7H,10H2,1-2H3,(H,11,12)/t6?,7-/m0/s1. The smallest absolute Gasteiger partial charge is 0.237 e. The second-order valence-corrected chi connectivity index (χ2v) is 3.03. The van der Waals surface area contributed by atoms with Gasteiger partial charge in [-0.1, -0.05) is 0 Å². The quantitative estimate of drug-likeness (QED) is 0.726. The SMILES string of the molecule is CC(N)C(=O)N[C@@H](C)c1ccco1. The third-order valence-electron chi connectivity index (χ3n) is 1.74. The first kappa shape index (κ1) is 9.80. The topological polar surface area (TPSA) is 68.3 Å². The van der Waals surface area contributed by atoms with Gasteiger partial charge in [0.25, 0.3) is 0 Å². The van der Waals surface area contributed by atoms with Gasteiger partial charge in [-0.3, -0.25) is 4.79 Å². The molecule has 4 heteroatoms. The highest BCUT2D eigenvalue weighted by Gasteiger charge is 2.13. The molecule has 0 bridgehead atoms. The first-order valence-electron chi connectivity index (χ1n) is 4.20. The lowest BCUT2D eigenvalue weighted by Gasteiger charge is -2.12. The van der Waals surface area contributed by atoms with Crippen LogP contribution in [-0.2, 0) is 4.79 Å². The van der Waals surface area contributed by atoms with Crippen molar-refractivity contribution in [2.24, 2.45) is 5.73 Å². The summed E-state index contributed by atoms with van der Waals surface area (Å²) in [7, 11) is 0. The summed E-state index contributed by atoms with van der Waals surface area (Å²) in [5.74, 6) is 0.554. The summed E-state index contributed by atoms with van der Waals surface area (Å²) in [5.41, 5.74) is 5.39. The minimum absolute atomic E-state index is 0.131. The van der Waals surface area contributed by atoms with Crippen LogP contribution in [0.4, 0.5) is 0 Å². The molecule has 4 nitrogen and oxygen atoms in total. The fraction of sp³-hybridized carbons (Fsp3) is 0.444. The summed E-state index contributed by atoms with van der Waals surface area (Å²) in [6.45, 7) is 3.49. The van der Waals surface area contributed by atoms with Crippen LogP contribution >= 0.6 is 0 Å². The van der Waals surface area contributed by atoms with E-state index in [4.69, 9.17) is 10.2 Å². The highest BCUT2D eigenvalue weighted by Crippen LogP contribution is 2.11. The van der Waals surface area contributed by atoms with Crippen LogP contribution in [0, 0.1) is 0 Å². The van der Waals surface area contributed by atoms with Crippen molar-refractivity contribution in [3.8, 4) is 0 Å². The van der Waals surface area contributed by atoms with E-state index in [1.165, 1.54) is 0 Å². The number of rotatable bonds is 3. The van der Waals surface area contributed by atoms with Crippen LogP contribution in [-0.4, -0.2) is 11.9 Å². The van der Waals surface area contributed by atoms with E-state index in [9.17, 15) is 4.79 Å². The highest BCUT2D eigenvalue weighted by atomic mass is 16.3. The van der Waals surface area contributed by atoms with Crippen molar-refractivity contribution in [2.75, 3.05) is 0 Å². The summed E-state index contributed by atoms with van der Waals surface area (Å²) in [5, 5.41) is 2.72. The van der Waals surface area contributed by atoms with E-state index in [1.807, 2.05) is 13.0 Å². The Morgan fingerprint density at radius 3 is 2.77 bits per heavy atom. The Labute approximate surface area is 77.1 Å². The van der Waals surface area contributed by atoms with Gasteiger partial charge in [0.2, 0.25) is 5.91 Å². The number of carbonyl (C=O) groups excluding carboxylic acids is 1. The monoisotopic (exact) mass is 182 g/mol. The van der Waals surface area contributed by atoms with Gasteiger partial charge in [-0.2, -0.15) is 0 Å². The molecule has 1 heterocycles. The third-order valence-corrected chi connectivity index (χ3v) is 1.74. The molecule has 72 valence electrons. The van der Waals surface area contributed by atoms with Gasteiger partial charge < -0.3 is 15.5 Å². The molecule has 0 saturated heterocycles. The maximum absolute atomic E-state index is 11.2. The first-order valence-corrected chi connectivity index (χ1v) is 4.20. The van der Waals surface area contributed by atoms with Crippen LogP contribution in [0.1, 0.15) is 25.6 Å². The Bertz CT molecular complexity index is 267. The molecular weight excluding hydrogens is 168 g/mol. The van der Waals surface area contributed by atoms with Crippen LogP contribution in [0.25, 0.3) is 0 Å². The van der Waals surface area contributed by atoms with Crippen molar-refractivity contribution < 1.29 is 9.21 Å². The van der Waals surface area contributed by atoms with Crippen LogP contribution < -0.4 is 11.1 Å². The van der Waals surface area contributed by atoms with Crippen LogP contribution in [0.15, 0.2) is 22.8 Å². The predicted molar refractivity (Wildman–Crippen MR) is 48.9 cm³/mol. The molecule has 0 aliphatic rings. The van der Waals surface area contributed by atoms with E-state index < -0.39 is 6.04 Å². The van der Waals surface area contributed by atoms with E-state index in [-0.39, 0.29) is 11.9 Å². The van der Waals surface area contributed by atoms with Crippen molar-refractivity contribution in [3.63, 3.8) is 0 Å². The molecule has 1 aromatic rings. The first-order chi connectivity index (χ1) is 6.11. The van der Waals surface area contributed by atoms with Crippen molar-refractivity contribution >= 4 is 5.91 Å². The molecule has 2 atom stereocenters. The molecule has 3 N–H and O–H groups in total. The molecule has 1 amide bonds. The highest BCUT2D eigenvalue weighted by molar-refractivity contribution is 5.81. The number of hydrogen-bond donors (Lipinski definition) is 2. The number of nitrogens with two attached hydrogens (primary N) is 1. The van der Waals surface area contributed by atoms with E-state index in [1.54, 1.807) is 19.3 Å². The Morgan fingerprint density at radius 2 is 2.31 bits per heavy atom. The van der Waals surface area contributed by atoms with Gasteiger partial charge in [-0.05, 0) is 26.0 Å². The molecule has 0 fully saturated rings. The molecule has 1 rings (SSSR count).